The lowest BCUT2D eigenvalue weighted by Crippen LogP contribution is -2.31. The predicted molar refractivity (Wildman–Crippen MR) is 101 cm³/mol. The molecule has 136 valence electrons. The molecule has 0 radical (unpaired) electrons. The van der Waals surface area contributed by atoms with Crippen molar-refractivity contribution in [3.05, 3.63) is 69.7 Å². The first-order valence-corrected chi connectivity index (χ1v) is 8.42. The first-order valence-electron chi connectivity index (χ1n) is 8.04. The van der Waals surface area contributed by atoms with Gasteiger partial charge in [-0.05, 0) is 18.2 Å². The fourth-order valence-corrected chi connectivity index (χ4v) is 2.52. The molecule has 2 aromatic carbocycles. The molecular weight excluding hydrogens is 354 g/mol. The summed E-state index contributed by atoms with van der Waals surface area (Å²) in [6.07, 6.45) is 0.222. The average Bonchev–Trinajstić information content (AvgIpc) is 2.78. The van der Waals surface area contributed by atoms with Crippen LogP contribution in [0.5, 0.6) is 0 Å². The number of benzene rings is 2. The van der Waals surface area contributed by atoms with E-state index in [-0.39, 0.29) is 13.0 Å². The molecule has 0 atom stereocenters. The summed E-state index contributed by atoms with van der Waals surface area (Å²) in [4.78, 5) is 18.0. The van der Waals surface area contributed by atoms with Crippen LogP contribution in [-0.4, -0.2) is 40.8 Å². The molecule has 7 heteroatoms. The zero-order valence-corrected chi connectivity index (χ0v) is 15.3. The summed E-state index contributed by atoms with van der Waals surface area (Å²) in [6, 6.07) is 15.1. The van der Waals surface area contributed by atoms with Crippen LogP contribution in [0.4, 0.5) is 0 Å². The Morgan fingerprint density at radius 2 is 1.92 bits per heavy atom. The van der Waals surface area contributed by atoms with Crippen LogP contribution in [0.15, 0.2) is 58.5 Å². The summed E-state index contributed by atoms with van der Waals surface area (Å²) in [5, 5.41) is 21.5. The number of amidine groups is 1. The third-order valence-electron chi connectivity index (χ3n) is 3.62. The van der Waals surface area contributed by atoms with E-state index in [1.165, 1.54) is 5.06 Å². The Hall–Kier alpha value is -2.70. The molecule has 3 rings (SSSR count). The minimum absolute atomic E-state index is 0.222. The van der Waals surface area contributed by atoms with Gasteiger partial charge in [-0.15, -0.1) is 0 Å². The maximum Gasteiger partial charge on any atom is 0.303 e. The number of aliphatic carboxylic acids is 1. The van der Waals surface area contributed by atoms with Crippen LogP contribution < -0.4 is 10.6 Å². The van der Waals surface area contributed by atoms with Gasteiger partial charge < -0.3 is 5.11 Å². The van der Waals surface area contributed by atoms with Crippen LogP contribution in [0, 0.1) is 0 Å². The van der Waals surface area contributed by atoms with E-state index in [9.17, 15) is 10.0 Å². The van der Waals surface area contributed by atoms with Crippen molar-refractivity contribution in [1.29, 1.82) is 0 Å². The molecule has 26 heavy (non-hydrogen) atoms. The van der Waals surface area contributed by atoms with E-state index in [2.05, 4.69) is 9.98 Å². The Morgan fingerprint density at radius 3 is 2.50 bits per heavy atom. The summed E-state index contributed by atoms with van der Waals surface area (Å²) < 4.78 is 0. The highest BCUT2D eigenvalue weighted by Gasteiger charge is 2.17. The highest BCUT2D eigenvalue weighted by atomic mass is 35.5. The fraction of sp³-hybridized carbons (Fsp3) is 0.211. The van der Waals surface area contributed by atoms with Gasteiger partial charge in [0.2, 0.25) is 0 Å². The van der Waals surface area contributed by atoms with Gasteiger partial charge in [-0.1, -0.05) is 48.9 Å². The molecule has 0 amide bonds. The maximum absolute atomic E-state index is 10.5. The molecule has 0 spiro atoms. The standard InChI is InChI=1S/C16H14ClN3O.C3H6O2/c1-18-15-10-20(21)16(11-5-3-2-4-6-11)13-9-12(17)7-8-14(13)19-15;1-2-3(4)5/h2-9,21H,10H2,1H3;2H2,1H3,(H,4,5). The molecular formula is C19H20ClN3O3. The molecule has 0 saturated heterocycles. The second kappa shape index (κ2) is 9.12. The van der Waals surface area contributed by atoms with E-state index in [0.717, 1.165) is 16.1 Å². The molecule has 1 aliphatic heterocycles. The molecule has 0 saturated carbocycles. The normalized spacial score (nSPS) is 14.7. The topological polar surface area (TPSA) is 85.5 Å². The van der Waals surface area contributed by atoms with Crippen molar-refractivity contribution in [2.45, 2.75) is 13.3 Å². The van der Waals surface area contributed by atoms with Crippen LogP contribution >= 0.6 is 11.6 Å². The van der Waals surface area contributed by atoms with Gasteiger partial charge in [0.15, 0.2) is 0 Å². The minimum atomic E-state index is -0.745. The van der Waals surface area contributed by atoms with Crippen molar-refractivity contribution < 1.29 is 15.1 Å². The summed E-state index contributed by atoms with van der Waals surface area (Å²) in [6.45, 7) is 1.83. The van der Waals surface area contributed by atoms with Crippen molar-refractivity contribution in [3.8, 4) is 0 Å². The van der Waals surface area contributed by atoms with Gasteiger partial charge >= 0.3 is 5.97 Å². The summed E-state index contributed by atoms with van der Waals surface area (Å²) in [7, 11) is 1.66. The van der Waals surface area contributed by atoms with Crippen molar-refractivity contribution in [2.24, 2.45) is 9.98 Å². The fourth-order valence-electron chi connectivity index (χ4n) is 2.34. The molecule has 0 aliphatic carbocycles. The quantitative estimate of drug-likeness (QED) is 0.846. The van der Waals surface area contributed by atoms with E-state index >= 15 is 0 Å². The van der Waals surface area contributed by atoms with E-state index in [0.29, 0.717) is 16.6 Å². The van der Waals surface area contributed by atoms with Crippen molar-refractivity contribution in [2.75, 3.05) is 13.6 Å². The monoisotopic (exact) mass is 373 g/mol. The minimum Gasteiger partial charge on any atom is -0.481 e. The number of nitrogens with zero attached hydrogens (tertiary/aromatic N) is 3. The van der Waals surface area contributed by atoms with E-state index in [1.54, 1.807) is 20.0 Å². The van der Waals surface area contributed by atoms with Crippen molar-refractivity contribution in [1.82, 2.24) is 5.06 Å². The third-order valence-corrected chi connectivity index (χ3v) is 3.86. The van der Waals surface area contributed by atoms with Gasteiger partial charge in [0.25, 0.3) is 0 Å². The van der Waals surface area contributed by atoms with Crippen molar-refractivity contribution >= 4 is 29.1 Å². The van der Waals surface area contributed by atoms with Crippen LogP contribution in [0.1, 0.15) is 18.9 Å². The molecule has 2 aromatic rings. The molecule has 2 N–H and O–H groups in total. The number of aliphatic imine (C=N–C) groups is 1. The zero-order valence-electron chi connectivity index (χ0n) is 14.6. The molecule has 0 bridgehead atoms. The zero-order chi connectivity index (χ0) is 19.1. The smallest absolute Gasteiger partial charge is 0.303 e. The van der Waals surface area contributed by atoms with Gasteiger partial charge in [0.1, 0.15) is 12.4 Å². The van der Waals surface area contributed by atoms with Crippen molar-refractivity contribution in [3.63, 3.8) is 0 Å². The Bertz CT molecular complexity index is 927. The Labute approximate surface area is 156 Å². The number of carboxylic acids is 1. The molecule has 0 aromatic heterocycles. The van der Waals surface area contributed by atoms with Crippen LogP contribution in [-0.2, 0) is 4.79 Å². The molecule has 6 nitrogen and oxygen atoms in total. The maximum atomic E-state index is 10.5. The first-order chi connectivity index (χ1) is 12.5. The number of carboxylic acid groups (broad SMARTS) is 1. The summed E-state index contributed by atoms with van der Waals surface area (Å²) in [5.74, 6) is -0.183. The number of carbonyl (C=O) groups is 1. The lowest BCUT2D eigenvalue weighted by Gasteiger charge is -2.19. The Balaban J connectivity index is 0.000000431. The van der Waals surface area contributed by atoms with Gasteiger partial charge in [-0.3, -0.25) is 15.0 Å². The largest absolute Gasteiger partial charge is 0.481 e. The molecule has 1 aliphatic rings. The van der Waals surface area contributed by atoms with Crippen LogP contribution in [0.25, 0.3) is 5.70 Å². The summed E-state index contributed by atoms with van der Waals surface area (Å²) >= 11 is 6.12. The van der Waals surface area contributed by atoms with Gasteiger partial charge in [0, 0.05) is 29.3 Å². The van der Waals surface area contributed by atoms with Crippen LogP contribution in [0.2, 0.25) is 5.02 Å². The Kier molecular flexibility index (Phi) is 6.89. The Morgan fingerprint density at radius 1 is 1.27 bits per heavy atom. The lowest BCUT2D eigenvalue weighted by molar-refractivity contribution is -0.136. The van der Waals surface area contributed by atoms with E-state index < -0.39 is 5.97 Å². The lowest BCUT2D eigenvalue weighted by atomic mass is 10.1. The highest BCUT2D eigenvalue weighted by molar-refractivity contribution is 6.30. The van der Waals surface area contributed by atoms with Crippen LogP contribution in [0.3, 0.4) is 0 Å². The molecule has 1 heterocycles. The van der Waals surface area contributed by atoms with Gasteiger partial charge in [-0.2, -0.15) is 0 Å². The number of halogens is 1. The molecule has 0 fully saturated rings. The van der Waals surface area contributed by atoms with E-state index in [4.69, 9.17) is 16.7 Å². The number of hydroxylamine groups is 2. The first kappa shape index (κ1) is 19.6. The van der Waals surface area contributed by atoms with E-state index in [1.807, 2.05) is 42.5 Å². The number of hydrogen-bond donors (Lipinski definition) is 2. The number of fused-ring (bicyclic) bond motifs is 1. The second-order valence-corrected chi connectivity index (χ2v) is 5.87. The number of hydrogen-bond acceptors (Lipinski definition) is 4. The van der Waals surface area contributed by atoms with Gasteiger partial charge in [-0.25, -0.2) is 10.1 Å². The van der Waals surface area contributed by atoms with Gasteiger partial charge in [0.05, 0.1) is 11.1 Å². The second-order valence-electron chi connectivity index (χ2n) is 5.43. The summed E-state index contributed by atoms with van der Waals surface area (Å²) in [5.41, 5.74) is 1.58. The SMILES string of the molecule is CCC(=O)O.CN=C1CN(O)C(c2ccccc2)=c2cc(Cl)ccc2=N1. The number of rotatable bonds is 2. The predicted octanol–water partition coefficient (Wildman–Crippen LogP) is 2.33. The molecule has 0 unspecified atom stereocenters. The third kappa shape index (κ3) is 4.91. The average molecular weight is 374 g/mol. The highest BCUT2D eigenvalue weighted by Crippen LogP contribution is 2.15.